The van der Waals surface area contributed by atoms with Crippen LogP contribution in [-0.2, 0) is 16.0 Å². The first-order valence-electron chi connectivity index (χ1n) is 10.7. The lowest BCUT2D eigenvalue weighted by molar-refractivity contribution is -0.113. The van der Waals surface area contributed by atoms with Crippen molar-refractivity contribution in [3.05, 3.63) is 54.1 Å². The van der Waals surface area contributed by atoms with Crippen LogP contribution < -0.4 is 10.2 Å². The van der Waals surface area contributed by atoms with Crippen LogP contribution in [0.2, 0.25) is 0 Å². The highest BCUT2D eigenvalue weighted by molar-refractivity contribution is 8.00. The number of fused-ring (bicyclic) bond motifs is 1. The zero-order valence-electron chi connectivity index (χ0n) is 18.2. The van der Waals surface area contributed by atoms with E-state index in [1.165, 1.54) is 11.8 Å². The van der Waals surface area contributed by atoms with Gasteiger partial charge in [-0.3, -0.25) is 4.79 Å². The Labute approximate surface area is 187 Å². The lowest BCUT2D eigenvalue weighted by atomic mass is 10.1. The van der Waals surface area contributed by atoms with Gasteiger partial charge in [0.2, 0.25) is 5.91 Å². The normalized spacial score (nSPS) is 18.9. The van der Waals surface area contributed by atoms with Crippen LogP contribution in [0.25, 0.3) is 11.0 Å². The van der Waals surface area contributed by atoms with Crippen molar-refractivity contribution in [3.8, 4) is 0 Å². The Bertz CT molecular complexity index is 1060. The first-order valence-corrected chi connectivity index (χ1v) is 11.7. The predicted octanol–water partition coefficient (Wildman–Crippen LogP) is 4.54. The predicted molar refractivity (Wildman–Crippen MR) is 127 cm³/mol. The average molecular weight is 437 g/mol. The van der Waals surface area contributed by atoms with E-state index in [4.69, 9.17) is 14.7 Å². The molecular formula is C24H28N4O2S. The van der Waals surface area contributed by atoms with Crippen molar-refractivity contribution in [1.29, 1.82) is 0 Å². The Hall–Kier alpha value is -2.64. The molecule has 2 aromatic carbocycles. The number of anilines is 2. The van der Waals surface area contributed by atoms with Crippen LogP contribution in [-0.4, -0.2) is 46.9 Å². The fraction of sp³-hybridized carbons (Fsp3) is 0.375. The molecule has 2 heterocycles. The summed E-state index contributed by atoms with van der Waals surface area (Å²) < 4.78 is 5.89. The summed E-state index contributed by atoms with van der Waals surface area (Å²) in [7, 11) is 0. The van der Waals surface area contributed by atoms with Gasteiger partial charge >= 0.3 is 0 Å². The molecule has 1 fully saturated rings. The first kappa shape index (κ1) is 21.6. The molecule has 0 bridgehead atoms. The zero-order chi connectivity index (χ0) is 21.8. The van der Waals surface area contributed by atoms with Crippen molar-refractivity contribution in [3.63, 3.8) is 0 Å². The smallest absolute Gasteiger partial charge is 0.234 e. The van der Waals surface area contributed by atoms with Crippen LogP contribution in [0, 0.1) is 0 Å². The number of aromatic nitrogens is 2. The summed E-state index contributed by atoms with van der Waals surface area (Å²) in [5.41, 5.74) is 3.69. The number of nitrogens with zero attached hydrogens (tertiary/aromatic N) is 3. The van der Waals surface area contributed by atoms with E-state index >= 15 is 0 Å². The molecule has 1 N–H and O–H groups in total. The minimum Gasteiger partial charge on any atom is -0.372 e. The first-order chi connectivity index (χ1) is 15.0. The highest BCUT2D eigenvalue weighted by Crippen LogP contribution is 2.31. The van der Waals surface area contributed by atoms with E-state index in [0.29, 0.717) is 0 Å². The number of morpholine rings is 1. The summed E-state index contributed by atoms with van der Waals surface area (Å²) in [6, 6.07) is 15.8. The zero-order valence-corrected chi connectivity index (χ0v) is 19.0. The largest absolute Gasteiger partial charge is 0.372 e. The lowest BCUT2D eigenvalue weighted by Gasteiger charge is -2.36. The van der Waals surface area contributed by atoms with Crippen molar-refractivity contribution in [2.24, 2.45) is 0 Å². The summed E-state index contributed by atoms with van der Waals surface area (Å²) in [4.78, 5) is 24.7. The minimum absolute atomic E-state index is 0.0458. The molecule has 1 amide bonds. The van der Waals surface area contributed by atoms with Gasteiger partial charge in [-0.1, -0.05) is 49.0 Å². The van der Waals surface area contributed by atoms with Crippen LogP contribution >= 0.6 is 11.8 Å². The topological polar surface area (TPSA) is 67.4 Å². The maximum absolute atomic E-state index is 12.7. The van der Waals surface area contributed by atoms with Gasteiger partial charge in [-0.15, -0.1) is 0 Å². The van der Waals surface area contributed by atoms with E-state index in [-0.39, 0.29) is 23.9 Å². The highest BCUT2D eigenvalue weighted by Gasteiger charge is 2.26. The van der Waals surface area contributed by atoms with Gasteiger partial charge in [0.25, 0.3) is 0 Å². The monoisotopic (exact) mass is 436 g/mol. The third-order valence-electron chi connectivity index (χ3n) is 5.25. The number of thioether (sulfide) groups is 1. The number of carbonyl (C=O) groups is 1. The second kappa shape index (κ2) is 9.66. The lowest BCUT2D eigenvalue weighted by Crippen LogP contribution is -2.46. The van der Waals surface area contributed by atoms with Crippen molar-refractivity contribution >= 4 is 40.2 Å². The van der Waals surface area contributed by atoms with Crippen LogP contribution in [0.1, 0.15) is 26.3 Å². The number of hydrogen-bond acceptors (Lipinski definition) is 6. The number of benzene rings is 2. The van der Waals surface area contributed by atoms with Gasteiger partial charge in [-0.05, 0) is 44.0 Å². The Kier molecular flexibility index (Phi) is 6.73. The number of aryl methyl sites for hydroxylation is 1. The van der Waals surface area contributed by atoms with E-state index in [1.807, 2.05) is 48.5 Å². The van der Waals surface area contributed by atoms with Gasteiger partial charge in [0.15, 0.2) is 5.82 Å². The summed E-state index contributed by atoms with van der Waals surface area (Å²) >= 11 is 1.43. The van der Waals surface area contributed by atoms with Crippen LogP contribution in [0.3, 0.4) is 0 Å². The number of amides is 1. The molecule has 1 aliphatic heterocycles. The molecule has 3 aromatic rings. The molecule has 2 unspecified atom stereocenters. The van der Waals surface area contributed by atoms with Crippen molar-refractivity contribution in [2.45, 2.75) is 44.4 Å². The number of nitrogens with one attached hydrogen (secondary N) is 1. The number of para-hydroxylation sites is 3. The second-order valence-electron chi connectivity index (χ2n) is 7.85. The maximum Gasteiger partial charge on any atom is 0.234 e. The third-order valence-corrected chi connectivity index (χ3v) is 6.21. The molecule has 162 valence electrons. The fourth-order valence-corrected chi connectivity index (χ4v) is 4.71. The summed E-state index contributed by atoms with van der Waals surface area (Å²) in [6.45, 7) is 7.73. The summed E-state index contributed by atoms with van der Waals surface area (Å²) in [6.07, 6.45) is 1.10. The van der Waals surface area contributed by atoms with Gasteiger partial charge in [-0.25, -0.2) is 9.97 Å². The van der Waals surface area contributed by atoms with Crippen LogP contribution in [0.15, 0.2) is 53.6 Å². The van der Waals surface area contributed by atoms with Gasteiger partial charge < -0.3 is 15.0 Å². The number of rotatable bonds is 6. The number of ether oxygens (including phenoxy) is 1. The van der Waals surface area contributed by atoms with E-state index in [2.05, 4.69) is 31.0 Å². The Morgan fingerprint density at radius 2 is 1.71 bits per heavy atom. The third kappa shape index (κ3) is 5.17. The second-order valence-corrected chi connectivity index (χ2v) is 8.81. The quantitative estimate of drug-likeness (QED) is 0.573. The van der Waals surface area contributed by atoms with Gasteiger partial charge in [0.1, 0.15) is 5.03 Å². The molecule has 0 saturated carbocycles. The van der Waals surface area contributed by atoms with E-state index in [1.54, 1.807) is 0 Å². The molecule has 31 heavy (non-hydrogen) atoms. The fourth-order valence-electron chi connectivity index (χ4n) is 3.90. The SMILES string of the molecule is CCc1ccccc1NC(=O)CSc1nc2ccccc2nc1N1CC(C)OC(C)C1. The van der Waals surface area contributed by atoms with Crippen LogP contribution in [0.5, 0.6) is 0 Å². The molecular weight excluding hydrogens is 408 g/mol. The van der Waals surface area contributed by atoms with Gasteiger partial charge in [-0.2, -0.15) is 0 Å². The Morgan fingerprint density at radius 3 is 2.42 bits per heavy atom. The van der Waals surface area contributed by atoms with Crippen LogP contribution in [0.4, 0.5) is 11.5 Å². The summed E-state index contributed by atoms with van der Waals surface area (Å²) in [5.74, 6) is 1.05. The maximum atomic E-state index is 12.7. The molecule has 1 aromatic heterocycles. The molecule has 6 nitrogen and oxygen atoms in total. The van der Waals surface area contributed by atoms with Gasteiger partial charge in [0.05, 0.1) is 29.0 Å². The van der Waals surface area contributed by atoms with Crippen molar-refractivity contribution in [1.82, 2.24) is 9.97 Å². The standard InChI is InChI=1S/C24H28N4O2S/c1-4-18-9-5-6-10-19(18)25-22(29)15-31-24-23(28-13-16(2)30-17(3)14-28)26-20-11-7-8-12-21(20)27-24/h5-12,16-17H,4,13-15H2,1-3H3,(H,25,29). The van der Waals surface area contributed by atoms with Crippen molar-refractivity contribution < 1.29 is 9.53 Å². The van der Waals surface area contributed by atoms with E-state index < -0.39 is 0 Å². The molecule has 1 aliphatic rings. The molecule has 7 heteroatoms. The number of hydrogen-bond donors (Lipinski definition) is 1. The van der Waals surface area contributed by atoms with Gasteiger partial charge in [0, 0.05) is 18.8 Å². The van der Waals surface area contributed by atoms with Crippen molar-refractivity contribution in [2.75, 3.05) is 29.1 Å². The Balaban J connectivity index is 1.56. The van der Waals surface area contributed by atoms with E-state index in [0.717, 1.165) is 52.6 Å². The molecule has 2 atom stereocenters. The summed E-state index contributed by atoms with van der Waals surface area (Å²) in [5, 5.41) is 3.82. The Morgan fingerprint density at radius 1 is 1.06 bits per heavy atom. The highest BCUT2D eigenvalue weighted by atomic mass is 32.2. The average Bonchev–Trinajstić information content (AvgIpc) is 2.76. The molecule has 1 saturated heterocycles. The molecule has 0 aliphatic carbocycles. The number of carbonyl (C=O) groups excluding carboxylic acids is 1. The minimum atomic E-state index is -0.0458. The molecule has 4 rings (SSSR count). The van der Waals surface area contributed by atoms with E-state index in [9.17, 15) is 4.79 Å². The molecule has 0 spiro atoms. The molecule has 0 radical (unpaired) electrons.